The molecule has 0 aliphatic carbocycles. The fourth-order valence-corrected chi connectivity index (χ4v) is 0.478. The largest absolute Gasteiger partial charge is 0.461 e. The van der Waals surface area contributed by atoms with Gasteiger partial charge in [-0.15, -0.1) is 6.42 Å². The van der Waals surface area contributed by atoms with Crippen LogP contribution in [0.15, 0.2) is 12.0 Å². The Hall–Kier alpha value is -1.14. The number of rotatable bonds is 1. The Morgan fingerprint density at radius 3 is 3.11 bits per heavy atom. The summed E-state index contributed by atoms with van der Waals surface area (Å²) in [5.74, 6) is 2.39. The molecule has 0 spiro atoms. The highest BCUT2D eigenvalue weighted by molar-refractivity contribution is 5.12. The van der Waals surface area contributed by atoms with Gasteiger partial charge in [0.15, 0.2) is 11.9 Å². The summed E-state index contributed by atoms with van der Waals surface area (Å²) in [7, 11) is 0. The number of hydrogen-bond acceptors (Lipinski definition) is 3. The number of ether oxygens (including phenoxy) is 2. The zero-order valence-corrected chi connectivity index (χ0v) is 4.70. The minimum atomic E-state index is -0.965. The molecule has 0 radical (unpaired) electrons. The molecule has 0 fully saturated rings. The summed E-state index contributed by atoms with van der Waals surface area (Å²) in [5, 5.41) is 8.85. The second-order valence-corrected chi connectivity index (χ2v) is 1.52. The lowest BCUT2D eigenvalue weighted by atomic mass is 10.3. The van der Waals surface area contributed by atoms with Crippen molar-refractivity contribution in [2.45, 2.75) is 6.10 Å². The quantitative estimate of drug-likeness (QED) is 0.495. The normalized spacial score (nSPS) is 18.9. The summed E-state index contributed by atoms with van der Waals surface area (Å²) in [6.07, 6.45) is 5.22. The van der Waals surface area contributed by atoms with Crippen molar-refractivity contribution in [3.05, 3.63) is 12.0 Å². The molecule has 1 atom stereocenters. The summed E-state index contributed by atoms with van der Waals surface area (Å²) in [6, 6.07) is 0. The molecule has 0 amide bonds. The van der Waals surface area contributed by atoms with Crippen LogP contribution in [0.4, 0.5) is 0 Å². The van der Waals surface area contributed by atoms with Gasteiger partial charge in [0.2, 0.25) is 6.79 Å². The molecule has 0 aromatic heterocycles. The SMILES string of the molecule is C#CC(O)C1=COCO1. The molecule has 0 aromatic rings. The van der Waals surface area contributed by atoms with Crippen LogP contribution in [0.3, 0.4) is 0 Å². The standard InChI is InChI=1S/C6H6O3/c1-2-5(7)6-3-8-4-9-6/h1,3,5,7H,4H2. The maximum atomic E-state index is 8.85. The molecule has 48 valence electrons. The molecule has 3 nitrogen and oxygen atoms in total. The van der Waals surface area contributed by atoms with Crippen LogP contribution in [0, 0.1) is 12.3 Å². The molecule has 1 heterocycles. The van der Waals surface area contributed by atoms with Gasteiger partial charge in [-0.05, 0) is 0 Å². The first-order valence-electron chi connectivity index (χ1n) is 2.43. The van der Waals surface area contributed by atoms with Gasteiger partial charge in [0, 0.05) is 0 Å². The zero-order valence-electron chi connectivity index (χ0n) is 4.70. The van der Waals surface area contributed by atoms with Crippen molar-refractivity contribution in [2.75, 3.05) is 6.79 Å². The summed E-state index contributed by atoms with van der Waals surface area (Å²) in [6.45, 7) is 0.147. The lowest BCUT2D eigenvalue weighted by molar-refractivity contribution is 0.0607. The van der Waals surface area contributed by atoms with Crippen molar-refractivity contribution in [1.82, 2.24) is 0 Å². The predicted molar refractivity (Wildman–Crippen MR) is 30.0 cm³/mol. The number of hydrogen-bond donors (Lipinski definition) is 1. The highest BCUT2D eigenvalue weighted by atomic mass is 16.7. The van der Waals surface area contributed by atoms with Crippen LogP contribution in [0.2, 0.25) is 0 Å². The van der Waals surface area contributed by atoms with Gasteiger partial charge in [0.25, 0.3) is 0 Å². The van der Waals surface area contributed by atoms with E-state index in [1.54, 1.807) is 0 Å². The Morgan fingerprint density at radius 1 is 1.89 bits per heavy atom. The van der Waals surface area contributed by atoms with Crippen LogP contribution in [0.1, 0.15) is 0 Å². The van der Waals surface area contributed by atoms with Crippen LogP contribution in [0.25, 0.3) is 0 Å². The van der Waals surface area contributed by atoms with E-state index in [0.717, 1.165) is 0 Å². The van der Waals surface area contributed by atoms with E-state index in [0.29, 0.717) is 5.76 Å². The molecule has 1 aliphatic rings. The van der Waals surface area contributed by atoms with E-state index in [4.69, 9.17) is 16.3 Å². The monoisotopic (exact) mass is 126 g/mol. The van der Waals surface area contributed by atoms with Crippen LogP contribution in [-0.2, 0) is 9.47 Å². The van der Waals surface area contributed by atoms with Crippen molar-refractivity contribution in [2.24, 2.45) is 0 Å². The van der Waals surface area contributed by atoms with Gasteiger partial charge in [0.05, 0.1) is 0 Å². The van der Waals surface area contributed by atoms with Crippen LogP contribution in [0.5, 0.6) is 0 Å². The van der Waals surface area contributed by atoms with E-state index in [1.165, 1.54) is 6.26 Å². The Morgan fingerprint density at radius 2 is 2.67 bits per heavy atom. The van der Waals surface area contributed by atoms with E-state index < -0.39 is 6.10 Å². The summed E-state index contributed by atoms with van der Waals surface area (Å²) >= 11 is 0. The summed E-state index contributed by atoms with van der Waals surface area (Å²) in [4.78, 5) is 0. The Labute approximate surface area is 52.9 Å². The number of terminal acetylenes is 1. The molecule has 1 N–H and O–H groups in total. The second-order valence-electron chi connectivity index (χ2n) is 1.52. The Balaban J connectivity index is 2.53. The van der Waals surface area contributed by atoms with Crippen molar-refractivity contribution in [3.8, 4) is 12.3 Å². The van der Waals surface area contributed by atoms with Gasteiger partial charge in [-0.1, -0.05) is 5.92 Å². The van der Waals surface area contributed by atoms with Crippen LogP contribution >= 0.6 is 0 Å². The van der Waals surface area contributed by atoms with Crippen molar-refractivity contribution in [1.29, 1.82) is 0 Å². The second kappa shape index (κ2) is 2.42. The van der Waals surface area contributed by atoms with E-state index >= 15 is 0 Å². The third kappa shape index (κ3) is 1.15. The molecular weight excluding hydrogens is 120 g/mol. The topological polar surface area (TPSA) is 38.7 Å². The molecular formula is C6H6O3. The van der Waals surface area contributed by atoms with Crippen LogP contribution < -0.4 is 0 Å². The molecule has 1 aliphatic heterocycles. The molecule has 0 bridgehead atoms. The molecule has 9 heavy (non-hydrogen) atoms. The zero-order chi connectivity index (χ0) is 6.69. The van der Waals surface area contributed by atoms with Gasteiger partial charge in [0.1, 0.15) is 6.26 Å². The lowest BCUT2D eigenvalue weighted by Crippen LogP contribution is -2.06. The minimum Gasteiger partial charge on any atom is -0.461 e. The first-order chi connectivity index (χ1) is 4.34. The number of aliphatic hydroxyl groups is 1. The molecule has 0 saturated carbocycles. The van der Waals surface area contributed by atoms with Gasteiger partial charge in [-0.25, -0.2) is 0 Å². The predicted octanol–water partition coefficient (Wildman–Crippen LogP) is -0.174. The smallest absolute Gasteiger partial charge is 0.230 e. The first-order valence-corrected chi connectivity index (χ1v) is 2.43. The maximum absolute atomic E-state index is 8.85. The molecule has 0 saturated heterocycles. The van der Waals surface area contributed by atoms with Gasteiger partial charge in [-0.2, -0.15) is 0 Å². The lowest BCUT2D eigenvalue weighted by Gasteiger charge is -2.00. The highest BCUT2D eigenvalue weighted by Crippen LogP contribution is 2.09. The third-order valence-corrected chi connectivity index (χ3v) is 0.920. The average molecular weight is 126 g/mol. The van der Waals surface area contributed by atoms with E-state index in [2.05, 4.69) is 10.7 Å². The molecule has 3 heteroatoms. The molecule has 0 aromatic carbocycles. The first kappa shape index (κ1) is 5.99. The van der Waals surface area contributed by atoms with Crippen molar-refractivity contribution < 1.29 is 14.6 Å². The Bertz CT molecular complexity index is 166. The summed E-state index contributed by atoms with van der Waals surface area (Å²) < 4.78 is 9.39. The summed E-state index contributed by atoms with van der Waals surface area (Å²) in [5.41, 5.74) is 0. The highest BCUT2D eigenvalue weighted by Gasteiger charge is 2.13. The van der Waals surface area contributed by atoms with E-state index in [9.17, 15) is 0 Å². The van der Waals surface area contributed by atoms with Crippen molar-refractivity contribution >= 4 is 0 Å². The van der Waals surface area contributed by atoms with E-state index in [1.807, 2.05) is 0 Å². The maximum Gasteiger partial charge on any atom is 0.230 e. The van der Waals surface area contributed by atoms with Gasteiger partial charge >= 0.3 is 0 Å². The fourth-order valence-electron chi connectivity index (χ4n) is 0.478. The Kier molecular flexibility index (Phi) is 1.61. The minimum absolute atomic E-state index is 0.147. The van der Waals surface area contributed by atoms with Gasteiger partial charge < -0.3 is 14.6 Å². The van der Waals surface area contributed by atoms with Crippen molar-refractivity contribution in [3.63, 3.8) is 0 Å². The van der Waals surface area contributed by atoms with Crippen LogP contribution in [-0.4, -0.2) is 18.0 Å². The van der Waals surface area contributed by atoms with Gasteiger partial charge in [-0.3, -0.25) is 0 Å². The fraction of sp³-hybridized carbons (Fsp3) is 0.333. The van der Waals surface area contributed by atoms with E-state index in [-0.39, 0.29) is 6.79 Å². The molecule has 1 unspecified atom stereocenters. The average Bonchev–Trinajstić information content (AvgIpc) is 2.37. The third-order valence-electron chi connectivity index (χ3n) is 0.920. The number of aliphatic hydroxyl groups excluding tert-OH is 1. The molecule has 1 rings (SSSR count).